The first kappa shape index (κ1) is 21.1. The maximum Gasteiger partial charge on any atom is 0.265 e. The lowest BCUT2D eigenvalue weighted by atomic mass is 10.2. The van der Waals surface area contributed by atoms with Gasteiger partial charge in [0.2, 0.25) is 5.91 Å². The van der Waals surface area contributed by atoms with Gasteiger partial charge in [0.05, 0.1) is 5.02 Å². The Hall–Kier alpha value is -2.24. The van der Waals surface area contributed by atoms with Crippen molar-refractivity contribution in [2.24, 2.45) is 0 Å². The molecule has 144 valence electrons. The molecule has 0 bridgehead atoms. The molecule has 0 heterocycles. The molecule has 2 N–H and O–H groups in total. The molecule has 2 aromatic carbocycles. The molecule has 27 heavy (non-hydrogen) atoms. The van der Waals surface area contributed by atoms with Crippen molar-refractivity contribution in [1.29, 1.82) is 0 Å². The minimum Gasteiger partial charge on any atom is -0.479 e. The first-order valence-corrected chi connectivity index (χ1v) is 9.47. The van der Waals surface area contributed by atoms with Crippen LogP contribution in [0.3, 0.4) is 0 Å². The van der Waals surface area contributed by atoms with Crippen LogP contribution in [0.2, 0.25) is 10.0 Å². The molecule has 0 saturated heterocycles. The summed E-state index contributed by atoms with van der Waals surface area (Å²) >= 11 is 11.9. The third-order valence-corrected chi connectivity index (χ3v) is 4.27. The number of rotatable bonds is 8. The van der Waals surface area contributed by atoms with E-state index in [1.165, 1.54) is 0 Å². The zero-order valence-corrected chi connectivity index (χ0v) is 16.7. The number of hydrogen-bond donors (Lipinski definition) is 2. The van der Waals surface area contributed by atoms with Gasteiger partial charge in [-0.05, 0) is 49.7 Å². The Bertz CT molecular complexity index is 812. The molecule has 0 spiro atoms. The van der Waals surface area contributed by atoms with E-state index in [9.17, 15) is 9.59 Å². The van der Waals surface area contributed by atoms with E-state index in [2.05, 4.69) is 10.6 Å². The number of unbranched alkanes of at least 4 members (excludes halogenated alkanes) is 1. The highest BCUT2D eigenvalue weighted by atomic mass is 35.5. The number of nitrogens with one attached hydrogen (secondary N) is 2. The maximum atomic E-state index is 12.4. The van der Waals surface area contributed by atoms with Gasteiger partial charge < -0.3 is 15.4 Å². The number of carbonyl (C=O) groups is 2. The van der Waals surface area contributed by atoms with Gasteiger partial charge >= 0.3 is 0 Å². The van der Waals surface area contributed by atoms with Gasteiger partial charge in [0.15, 0.2) is 6.10 Å². The molecular formula is C20H22Cl2N2O3. The fraction of sp³-hybridized carbons (Fsp3) is 0.300. The van der Waals surface area contributed by atoms with Gasteiger partial charge in [0, 0.05) is 22.8 Å². The highest BCUT2D eigenvalue weighted by Gasteiger charge is 2.17. The lowest BCUT2D eigenvalue weighted by molar-refractivity contribution is -0.122. The Balaban J connectivity index is 1.96. The molecule has 0 unspecified atom stereocenters. The molecule has 0 fully saturated rings. The van der Waals surface area contributed by atoms with Crippen LogP contribution < -0.4 is 15.4 Å². The molecule has 0 aromatic heterocycles. The van der Waals surface area contributed by atoms with Gasteiger partial charge in [0.25, 0.3) is 5.91 Å². The number of hydrogen-bond acceptors (Lipinski definition) is 3. The molecule has 2 rings (SSSR count). The summed E-state index contributed by atoms with van der Waals surface area (Å²) in [5.41, 5.74) is 1.19. The smallest absolute Gasteiger partial charge is 0.265 e. The number of halogens is 2. The van der Waals surface area contributed by atoms with Crippen LogP contribution in [0.15, 0.2) is 42.5 Å². The van der Waals surface area contributed by atoms with Gasteiger partial charge in [-0.2, -0.15) is 0 Å². The van der Waals surface area contributed by atoms with Crippen molar-refractivity contribution in [3.8, 4) is 5.75 Å². The van der Waals surface area contributed by atoms with Crippen molar-refractivity contribution < 1.29 is 14.3 Å². The lowest BCUT2D eigenvalue weighted by Crippen LogP contribution is -2.30. The average Bonchev–Trinajstić information content (AvgIpc) is 2.62. The van der Waals surface area contributed by atoms with Crippen LogP contribution >= 0.6 is 23.2 Å². The summed E-state index contributed by atoms with van der Waals surface area (Å²) in [5.74, 6) is -0.00876. The van der Waals surface area contributed by atoms with Crippen molar-refractivity contribution in [2.75, 3.05) is 10.6 Å². The minimum atomic E-state index is -0.772. The number of ether oxygens (including phenoxy) is 1. The van der Waals surface area contributed by atoms with Crippen molar-refractivity contribution in [3.05, 3.63) is 52.5 Å². The standard InChI is InChI=1S/C20H22Cl2N2O3/c1-3-4-8-19(25)23-15-6-5-7-16(12-15)24-20(26)13(2)27-18-10-9-14(21)11-17(18)22/h5-7,9-13H,3-4,8H2,1-2H3,(H,23,25)(H,24,26)/t13-/m1/s1. The first-order valence-electron chi connectivity index (χ1n) is 8.71. The van der Waals surface area contributed by atoms with Crippen LogP contribution in [0.5, 0.6) is 5.75 Å². The van der Waals surface area contributed by atoms with E-state index < -0.39 is 6.10 Å². The predicted molar refractivity (Wildman–Crippen MR) is 110 cm³/mol. The van der Waals surface area contributed by atoms with E-state index in [4.69, 9.17) is 27.9 Å². The molecule has 0 radical (unpaired) electrons. The van der Waals surface area contributed by atoms with E-state index in [1.807, 2.05) is 6.92 Å². The summed E-state index contributed by atoms with van der Waals surface area (Å²) in [5, 5.41) is 6.41. The van der Waals surface area contributed by atoms with E-state index in [-0.39, 0.29) is 11.8 Å². The summed E-state index contributed by atoms with van der Waals surface area (Å²) < 4.78 is 5.60. The molecule has 0 aliphatic rings. The molecular weight excluding hydrogens is 387 g/mol. The summed E-state index contributed by atoms with van der Waals surface area (Å²) in [6.45, 7) is 3.65. The second-order valence-corrected chi connectivity index (χ2v) is 6.90. The molecule has 2 aromatic rings. The van der Waals surface area contributed by atoms with Crippen molar-refractivity contribution >= 4 is 46.4 Å². The average molecular weight is 409 g/mol. The maximum absolute atomic E-state index is 12.4. The quantitative estimate of drug-likeness (QED) is 0.603. The Kier molecular flexibility index (Phi) is 7.95. The molecule has 1 atom stereocenters. The summed E-state index contributed by atoms with van der Waals surface area (Å²) in [7, 11) is 0. The molecule has 5 nitrogen and oxygen atoms in total. The Labute approximate surface area is 169 Å². The Morgan fingerprint density at radius 3 is 2.44 bits per heavy atom. The van der Waals surface area contributed by atoms with Crippen LogP contribution in [-0.2, 0) is 9.59 Å². The predicted octanol–water partition coefficient (Wildman–Crippen LogP) is 5.53. The van der Waals surface area contributed by atoms with Gasteiger partial charge in [-0.3, -0.25) is 9.59 Å². The fourth-order valence-corrected chi connectivity index (χ4v) is 2.75. The molecule has 0 saturated carbocycles. The van der Waals surface area contributed by atoms with Crippen LogP contribution in [0.4, 0.5) is 11.4 Å². The van der Waals surface area contributed by atoms with E-state index in [1.54, 1.807) is 49.4 Å². The Morgan fingerprint density at radius 2 is 1.78 bits per heavy atom. The normalized spacial score (nSPS) is 11.6. The second-order valence-electron chi connectivity index (χ2n) is 6.06. The first-order chi connectivity index (χ1) is 12.9. The van der Waals surface area contributed by atoms with Crippen LogP contribution in [0, 0.1) is 0 Å². The third-order valence-electron chi connectivity index (χ3n) is 3.74. The number of anilines is 2. The Morgan fingerprint density at radius 1 is 1.07 bits per heavy atom. The zero-order chi connectivity index (χ0) is 19.8. The van der Waals surface area contributed by atoms with Crippen LogP contribution in [0.25, 0.3) is 0 Å². The van der Waals surface area contributed by atoms with Gasteiger partial charge in [-0.15, -0.1) is 0 Å². The zero-order valence-electron chi connectivity index (χ0n) is 15.2. The molecule has 7 heteroatoms. The van der Waals surface area contributed by atoms with E-state index in [0.29, 0.717) is 33.6 Å². The number of carbonyl (C=O) groups excluding carboxylic acids is 2. The van der Waals surface area contributed by atoms with E-state index in [0.717, 1.165) is 12.8 Å². The largest absolute Gasteiger partial charge is 0.479 e. The van der Waals surface area contributed by atoms with Crippen molar-refractivity contribution in [1.82, 2.24) is 0 Å². The highest BCUT2D eigenvalue weighted by molar-refractivity contribution is 6.35. The summed E-state index contributed by atoms with van der Waals surface area (Å²) in [6, 6.07) is 11.8. The van der Waals surface area contributed by atoms with Gasteiger partial charge in [-0.1, -0.05) is 42.6 Å². The summed E-state index contributed by atoms with van der Waals surface area (Å²) in [6.07, 6.45) is 1.50. The molecule has 2 amide bonds. The minimum absolute atomic E-state index is 0.0468. The number of benzene rings is 2. The number of amides is 2. The fourth-order valence-electron chi connectivity index (χ4n) is 2.29. The van der Waals surface area contributed by atoms with E-state index >= 15 is 0 Å². The lowest BCUT2D eigenvalue weighted by Gasteiger charge is -2.16. The van der Waals surface area contributed by atoms with Gasteiger partial charge in [-0.25, -0.2) is 0 Å². The van der Waals surface area contributed by atoms with Crippen LogP contribution in [-0.4, -0.2) is 17.9 Å². The third kappa shape index (κ3) is 6.77. The monoisotopic (exact) mass is 408 g/mol. The molecule has 0 aliphatic carbocycles. The van der Waals surface area contributed by atoms with Crippen LogP contribution in [0.1, 0.15) is 33.1 Å². The van der Waals surface area contributed by atoms with Gasteiger partial charge in [0.1, 0.15) is 5.75 Å². The topological polar surface area (TPSA) is 67.4 Å². The van der Waals surface area contributed by atoms with Crippen molar-refractivity contribution in [3.63, 3.8) is 0 Å². The SMILES string of the molecule is CCCCC(=O)Nc1cccc(NC(=O)[C@@H](C)Oc2ccc(Cl)cc2Cl)c1. The van der Waals surface area contributed by atoms with Crippen molar-refractivity contribution in [2.45, 2.75) is 39.2 Å². The highest BCUT2D eigenvalue weighted by Crippen LogP contribution is 2.28. The summed E-state index contributed by atoms with van der Waals surface area (Å²) in [4.78, 5) is 24.2. The second kappa shape index (κ2) is 10.2. The molecule has 0 aliphatic heterocycles.